The fourth-order valence-electron chi connectivity index (χ4n) is 2.98. The van der Waals surface area contributed by atoms with Gasteiger partial charge in [-0.3, -0.25) is 0 Å². The summed E-state index contributed by atoms with van der Waals surface area (Å²) in [5.74, 6) is 0. The zero-order valence-corrected chi connectivity index (χ0v) is 13.6. The maximum absolute atomic E-state index is 9.81. The lowest BCUT2D eigenvalue weighted by Gasteiger charge is -2.38. The van der Waals surface area contributed by atoms with Gasteiger partial charge in [0, 0.05) is 39.3 Å². The van der Waals surface area contributed by atoms with E-state index in [0.717, 1.165) is 53.8 Å². The quantitative estimate of drug-likeness (QED) is 0.928. The molecule has 6 nitrogen and oxygen atoms in total. The summed E-state index contributed by atoms with van der Waals surface area (Å²) in [6.45, 7) is 4.48. The lowest BCUT2D eigenvalue weighted by atomic mass is 9.80. The van der Waals surface area contributed by atoms with Crippen LogP contribution in [-0.4, -0.2) is 53.3 Å². The van der Waals surface area contributed by atoms with Gasteiger partial charge >= 0.3 is 0 Å². The molecule has 7 heteroatoms. The van der Waals surface area contributed by atoms with E-state index in [2.05, 4.69) is 10.00 Å². The lowest BCUT2D eigenvalue weighted by Crippen LogP contribution is -2.42. The third kappa shape index (κ3) is 2.65. The Morgan fingerprint density at radius 3 is 2.76 bits per heavy atom. The highest BCUT2D eigenvalue weighted by atomic mass is 32.1. The molecule has 0 aromatic carbocycles. The van der Waals surface area contributed by atoms with Crippen LogP contribution in [-0.2, 0) is 11.8 Å². The third-order valence-corrected chi connectivity index (χ3v) is 5.59. The molecule has 2 aromatic rings. The molecule has 0 spiro atoms. The molecule has 0 unspecified atom stereocenters. The Bertz CT molecular complexity index is 596. The molecular weight excluding hydrogens is 288 g/mol. The van der Waals surface area contributed by atoms with Gasteiger partial charge in [0.2, 0.25) is 0 Å². The van der Waals surface area contributed by atoms with Gasteiger partial charge in [-0.2, -0.15) is 5.10 Å². The topological polar surface area (TPSA) is 63.4 Å². The van der Waals surface area contributed by atoms with Crippen molar-refractivity contribution < 1.29 is 9.84 Å². The summed E-state index contributed by atoms with van der Waals surface area (Å²) in [5, 5.41) is 15.2. The number of aromatic nitrogens is 3. The van der Waals surface area contributed by atoms with E-state index in [1.165, 1.54) is 0 Å². The second-order valence-electron chi connectivity index (χ2n) is 5.98. The molecule has 0 bridgehead atoms. The van der Waals surface area contributed by atoms with Crippen LogP contribution in [0.1, 0.15) is 18.5 Å². The molecule has 0 aliphatic carbocycles. The average molecular weight is 310 g/mol. The summed E-state index contributed by atoms with van der Waals surface area (Å²) in [7, 11) is 3.97. The first-order valence-corrected chi connectivity index (χ1v) is 8.06. The van der Waals surface area contributed by atoms with Crippen LogP contribution in [0.3, 0.4) is 0 Å². The monoisotopic (exact) mass is 310 g/mol. The number of nitrogens with zero attached hydrogens (tertiary/aromatic N) is 4. The van der Waals surface area contributed by atoms with Gasteiger partial charge in [0.15, 0.2) is 10.8 Å². The first-order chi connectivity index (χ1) is 10.0. The minimum absolute atomic E-state index is 0.0713. The van der Waals surface area contributed by atoms with Gasteiger partial charge in [0.1, 0.15) is 0 Å². The van der Waals surface area contributed by atoms with E-state index in [0.29, 0.717) is 0 Å². The summed E-state index contributed by atoms with van der Waals surface area (Å²) >= 11 is 1.67. The van der Waals surface area contributed by atoms with Gasteiger partial charge in [-0.05, 0) is 19.8 Å². The Kier molecular flexibility index (Phi) is 3.90. The van der Waals surface area contributed by atoms with Crippen molar-refractivity contribution in [2.75, 3.05) is 38.3 Å². The van der Waals surface area contributed by atoms with E-state index in [1.807, 2.05) is 25.7 Å². The number of ether oxygens (including phenoxy) is 1. The summed E-state index contributed by atoms with van der Waals surface area (Å²) in [4.78, 5) is 6.85. The van der Waals surface area contributed by atoms with Crippen LogP contribution < -0.4 is 4.90 Å². The Balaban J connectivity index is 1.82. The van der Waals surface area contributed by atoms with E-state index in [9.17, 15) is 5.11 Å². The number of hydrogen-bond donors (Lipinski definition) is 1. The van der Waals surface area contributed by atoms with Gasteiger partial charge in [0.25, 0.3) is 0 Å². The van der Waals surface area contributed by atoms with Gasteiger partial charge in [-0.1, -0.05) is 11.3 Å². The van der Waals surface area contributed by atoms with E-state index in [1.54, 1.807) is 11.3 Å². The fourth-order valence-corrected chi connectivity index (χ4v) is 3.97. The number of hydrogen-bond acceptors (Lipinski definition) is 6. The Hall–Kier alpha value is -1.18. The molecule has 0 radical (unpaired) electrons. The molecule has 1 saturated heterocycles. The van der Waals surface area contributed by atoms with Crippen molar-refractivity contribution in [2.45, 2.75) is 19.8 Å². The normalized spacial score (nSPS) is 18.3. The molecule has 1 N–H and O–H groups in total. The summed E-state index contributed by atoms with van der Waals surface area (Å²) in [6.07, 6.45) is 1.80. The van der Waals surface area contributed by atoms with Gasteiger partial charge in [0.05, 0.1) is 17.0 Å². The van der Waals surface area contributed by atoms with Crippen molar-refractivity contribution in [1.29, 1.82) is 0 Å². The minimum atomic E-state index is -0.0713. The number of aliphatic hydroxyl groups excluding tert-OH is 1. The summed E-state index contributed by atoms with van der Waals surface area (Å²) in [5.41, 5.74) is 1.88. The van der Waals surface area contributed by atoms with Crippen LogP contribution in [0.2, 0.25) is 0 Å². The third-order valence-electron chi connectivity index (χ3n) is 4.32. The van der Waals surface area contributed by atoms with Crippen LogP contribution in [0, 0.1) is 12.3 Å². The van der Waals surface area contributed by atoms with Gasteiger partial charge in [-0.25, -0.2) is 9.67 Å². The Morgan fingerprint density at radius 2 is 2.14 bits per heavy atom. The van der Waals surface area contributed by atoms with Crippen LogP contribution in [0.5, 0.6) is 0 Å². The minimum Gasteiger partial charge on any atom is -0.396 e. The van der Waals surface area contributed by atoms with Crippen LogP contribution in [0.25, 0.3) is 10.3 Å². The van der Waals surface area contributed by atoms with E-state index in [4.69, 9.17) is 9.72 Å². The highest BCUT2D eigenvalue weighted by molar-refractivity contribution is 7.22. The second-order valence-corrected chi connectivity index (χ2v) is 6.96. The molecule has 0 atom stereocenters. The first-order valence-electron chi connectivity index (χ1n) is 7.24. The smallest absolute Gasteiger partial charge is 0.187 e. The second kappa shape index (κ2) is 5.55. The molecule has 21 heavy (non-hydrogen) atoms. The zero-order chi connectivity index (χ0) is 15.0. The Morgan fingerprint density at radius 1 is 1.43 bits per heavy atom. The van der Waals surface area contributed by atoms with Crippen molar-refractivity contribution in [1.82, 2.24) is 14.8 Å². The van der Waals surface area contributed by atoms with Crippen molar-refractivity contribution in [2.24, 2.45) is 12.5 Å². The van der Waals surface area contributed by atoms with Crippen LogP contribution >= 0.6 is 11.3 Å². The van der Waals surface area contributed by atoms with Crippen LogP contribution in [0.4, 0.5) is 5.13 Å². The molecule has 3 rings (SSSR count). The highest BCUT2D eigenvalue weighted by Crippen LogP contribution is 2.35. The number of aliphatic hydroxyl groups is 1. The Labute approximate surface area is 128 Å². The number of fused-ring (bicyclic) bond motifs is 1. The maximum Gasteiger partial charge on any atom is 0.187 e. The molecule has 1 aliphatic rings. The SMILES string of the molecule is Cc1nn(C)c2nc(N(C)CC3(CO)CCOCC3)sc12. The highest BCUT2D eigenvalue weighted by Gasteiger charge is 2.34. The predicted octanol–water partition coefficient (Wildman–Crippen LogP) is 1.56. The first kappa shape index (κ1) is 14.7. The maximum atomic E-state index is 9.81. The lowest BCUT2D eigenvalue weighted by molar-refractivity contribution is -0.0113. The largest absolute Gasteiger partial charge is 0.396 e. The van der Waals surface area contributed by atoms with E-state index >= 15 is 0 Å². The number of rotatable bonds is 4. The van der Waals surface area contributed by atoms with Crippen molar-refractivity contribution >= 4 is 26.8 Å². The molecule has 1 fully saturated rings. The van der Waals surface area contributed by atoms with Crippen molar-refractivity contribution in [3.63, 3.8) is 0 Å². The van der Waals surface area contributed by atoms with Crippen molar-refractivity contribution in [3.8, 4) is 0 Å². The average Bonchev–Trinajstić information content (AvgIpc) is 3.03. The standard InChI is InChI=1S/C14H22N4O2S/c1-10-11-12(18(3)16-10)15-13(21-11)17(2)8-14(9-19)4-6-20-7-5-14/h19H,4-9H2,1-3H3. The summed E-state index contributed by atoms with van der Waals surface area (Å²) < 4.78 is 8.40. The number of thiazole rings is 1. The van der Waals surface area contributed by atoms with Gasteiger partial charge in [-0.15, -0.1) is 0 Å². The molecule has 116 valence electrons. The predicted molar refractivity (Wildman–Crippen MR) is 84.0 cm³/mol. The number of aryl methyl sites for hydroxylation is 2. The van der Waals surface area contributed by atoms with E-state index in [-0.39, 0.29) is 12.0 Å². The number of anilines is 1. The molecule has 2 aromatic heterocycles. The molecular formula is C14H22N4O2S. The van der Waals surface area contributed by atoms with E-state index < -0.39 is 0 Å². The van der Waals surface area contributed by atoms with Crippen molar-refractivity contribution in [3.05, 3.63) is 5.69 Å². The molecule has 0 amide bonds. The van der Waals surface area contributed by atoms with Gasteiger partial charge < -0.3 is 14.7 Å². The molecule has 3 heterocycles. The molecule has 0 saturated carbocycles. The zero-order valence-electron chi connectivity index (χ0n) is 12.8. The van der Waals surface area contributed by atoms with Crippen LogP contribution in [0.15, 0.2) is 0 Å². The molecule has 1 aliphatic heterocycles. The fraction of sp³-hybridized carbons (Fsp3) is 0.714. The summed E-state index contributed by atoms with van der Waals surface area (Å²) in [6, 6.07) is 0.